The molecule has 6 heteroatoms. The van der Waals surface area contributed by atoms with Crippen molar-refractivity contribution >= 4 is 27.8 Å². The first-order chi connectivity index (χ1) is 13.1. The van der Waals surface area contributed by atoms with Crippen molar-refractivity contribution in [3.8, 4) is 0 Å². The third-order valence-corrected chi connectivity index (χ3v) is 5.54. The number of allylic oxidation sites excluding steroid dienone is 1. The van der Waals surface area contributed by atoms with Crippen LogP contribution in [-0.4, -0.2) is 15.3 Å². The number of fused-ring (bicyclic) bond motifs is 1. The molecule has 0 spiro atoms. The Balaban J connectivity index is 1.95. The van der Waals surface area contributed by atoms with Gasteiger partial charge >= 0.3 is 0 Å². The van der Waals surface area contributed by atoms with Gasteiger partial charge in [0.25, 0.3) is 5.70 Å². The van der Waals surface area contributed by atoms with E-state index in [2.05, 4.69) is 15.9 Å². The van der Waals surface area contributed by atoms with Crippen LogP contribution in [0.1, 0.15) is 33.6 Å². The minimum Gasteiger partial charge on any atom is -0.336 e. The van der Waals surface area contributed by atoms with Gasteiger partial charge in [0, 0.05) is 28.0 Å². The molecular weight excluding hydrogens is 408 g/mol. The van der Waals surface area contributed by atoms with Crippen molar-refractivity contribution in [1.82, 2.24) is 4.57 Å². The summed E-state index contributed by atoms with van der Waals surface area (Å²) in [5.74, 6) is -0.857. The van der Waals surface area contributed by atoms with Gasteiger partial charge in [-0.05, 0) is 23.8 Å². The van der Waals surface area contributed by atoms with Crippen LogP contribution in [0, 0.1) is 10.1 Å². The molecule has 4 rings (SSSR count). The molecule has 0 bridgehead atoms. The minimum absolute atomic E-state index is 0.0161. The molecule has 0 N–H and O–H groups in total. The molecule has 5 nitrogen and oxygen atoms in total. The highest BCUT2D eigenvalue weighted by Crippen LogP contribution is 2.44. The number of nitrogens with zero attached hydrogens (tertiary/aromatic N) is 2. The lowest BCUT2D eigenvalue weighted by Crippen LogP contribution is -2.32. The fourth-order valence-corrected chi connectivity index (χ4v) is 4.15. The van der Waals surface area contributed by atoms with E-state index in [0.29, 0.717) is 16.8 Å². The zero-order chi connectivity index (χ0) is 19.0. The van der Waals surface area contributed by atoms with Gasteiger partial charge in [-0.1, -0.05) is 64.5 Å². The van der Waals surface area contributed by atoms with E-state index in [1.807, 2.05) is 34.9 Å². The number of ketones is 1. The van der Waals surface area contributed by atoms with Crippen molar-refractivity contribution in [3.05, 3.63) is 110 Å². The monoisotopic (exact) mass is 422 g/mol. The third kappa shape index (κ3) is 3.02. The number of hydrogen-bond acceptors (Lipinski definition) is 3. The van der Waals surface area contributed by atoms with E-state index < -0.39 is 12.0 Å². The van der Waals surface area contributed by atoms with Gasteiger partial charge in [0.15, 0.2) is 5.78 Å². The summed E-state index contributed by atoms with van der Waals surface area (Å²) in [4.78, 5) is 24.9. The van der Waals surface area contributed by atoms with Gasteiger partial charge < -0.3 is 4.57 Å². The first-order valence-electron chi connectivity index (χ1n) is 8.44. The molecule has 0 amide bonds. The van der Waals surface area contributed by atoms with Crippen LogP contribution in [-0.2, 0) is 0 Å². The van der Waals surface area contributed by atoms with Crippen LogP contribution in [0.25, 0.3) is 6.08 Å². The average molecular weight is 423 g/mol. The normalized spacial score (nSPS) is 18.5. The highest BCUT2D eigenvalue weighted by Gasteiger charge is 2.43. The summed E-state index contributed by atoms with van der Waals surface area (Å²) in [7, 11) is 0. The number of nitro groups is 1. The van der Waals surface area contributed by atoms with Gasteiger partial charge in [-0.3, -0.25) is 14.9 Å². The van der Waals surface area contributed by atoms with Crippen LogP contribution in [0.4, 0.5) is 0 Å². The maximum Gasteiger partial charge on any atom is 0.258 e. The van der Waals surface area contributed by atoms with Crippen LogP contribution in [0.2, 0.25) is 0 Å². The fraction of sp³-hybridized carbons (Fsp3) is 0.0952. The van der Waals surface area contributed by atoms with Crippen LogP contribution in [0.3, 0.4) is 0 Å². The number of rotatable bonds is 4. The smallest absolute Gasteiger partial charge is 0.258 e. The zero-order valence-corrected chi connectivity index (χ0v) is 15.7. The fourth-order valence-electron chi connectivity index (χ4n) is 3.62. The van der Waals surface area contributed by atoms with Crippen molar-refractivity contribution in [3.63, 3.8) is 0 Å². The summed E-state index contributed by atoms with van der Waals surface area (Å²) < 4.78 is 2.57. The summed E-state index contributed by atoms with van der Waals surface area (Å²) in [5.41, 5.74) is 1.92. The Labute approximate surface area is 164 Å². The van der Waals surface area contributed by atoms with Crippen LogP contribution in [0.15, 0.2) is 83.1 Å². The molecule has 1 aromatic heterocycles. The molecule has 2 unspecified atom stereocenters. The molecule has 134 valence electrons. The molecule has 2 heterocycles. The van der Waals surface area contributed by atoms with Crippen molar-refractivity contribution in [2.24, 2.45) is 0 Å². The summed E-state index contributed by atoms with van der Waals surface area (Å²) in [6.07, 6.45) is 3.36. The number of aromatic nitrogens is 1. The molecule has 0 saturated heterocycles. The summed E-state index contributed by atoms with van der Waals surface area (Å²) in [6, 6.07) is 19.1. The Bertz CT molecular complexity index is 1060. The Morgan fingerprint density at radius 1 is 1.00 bits per heavy atom. The molecule has 0 aliphatic carbocycles. The van der Waals surface area contributed by atoms with Crippen molar-refractivity contribution in [2.75, 3.05) is 0 Å². The van der Waals surface area contributed by atoms with Crippen LogP contribution >= 0.6 is 15.9 Å². The molecule has 0 radical (unpaired) electrons. The van der Waals surface area contributed by atoms with Crippen molar-refractivity contribution < 1.29 is 9.72 Å². The number of benzene rings is 2. The van der Waals surface area contributed by atoms with Crippen molar-refractivity contribution in [2.45, 2.75) is 12.0 Å². The van der Waals surface area contributed by atoms with E-state index >= 15 is 0 Å². The minimum atomic E-state index is -0.735. The third-order valence-electron chi connectivity index (χ3n) is 4.82. The largest absolute Gasteiger partial charge is 0.336 e. The van der Waals surface area contributed by atoms with Gasteiger partial charge in [-0.2, -0.15) is 0 Å². The van der Waals surface area contributed by atoms with E-state index in [9.17, 15) is 14.9 Å². The second kappa shape index (κ2) is 6.96. The maximum atomic E-state index is 13.4. The molecule has 0 fully saturated rings. The van der Waals surface area contributed by atoms with E-state index in [1.165, 1.54) is 0 Å². The first kappa shape index (κ1) is 17.4. The average Bonchev–Trinajstić information content (AvgIpc) is 3.15. The molecule has 2 atom stereocenters. The SMILES string of the molecule is O=C(c1ccccc1)C1C(c2ccccc2Br)C([N+](=O)[O-])=Cc2cccn21. The molecular formula is C21H15BrN2O3. The standard InChI is InChI=1S/C21H15BrN2O3/c22-17-11-5-4-10-16(17)19-18(24(26)27)13-15-9-6-12-23(15)20(19)21(25)14-7-2-1-3-8-14/h1-13,19-20H. The summed E-state index contributed by atoms with van der Waals surface area (Å²) in [6.45, 7) is 0. The molecule has 27 heavy (non-hydrogen) atoms. The summed E-state index contributed by atoms with van der Waals surface area (Å²) in [5, 5.41) is 11.9. The zero-order valence-electron chi connectivity index (χ0n) is 14.2. The summed E-state index contributed by atoms with van der Waals surface area (Å²) >= 11 is 3.50. The lowest BCUT2D eigenvalue weighted by Gasteiger charge is -2.31. The number of carbonyl (C=O) groups excluding carboxylic acids is 1. The Morgan fingerprint density at radius 3 is 2.41 bits per heavy atom. The Hall–Kier alpha value is -2.99. The predicted molar refractivity (Wildman–Crippen MR) is 106 cm³/mol. The quantitative estimate of drug-likeness (QED) is 0.334. The topological polar surface area (TPSA) is 65.1 Å². The van der Waals surface area contributed by atoms with E-state index in [-0.39, 0.29) is 16.4 Å². The predicted octanol–water partition coefficient (Wildman–Crippen LogP) is 5.09. The number of carbonyl (C=O) groups is 1. The molecule has 1 aliphatic rings. The number of hydrogen-bond donors (Lipinski definition) is 0. The lowest BCUT2D eigenvalue weighted by atomic mass is 9.82. The van der Waals surface area contributed by atoms with E-state index in [1.54, 1.807) is 48.7 Å². The second-order valence-electron chi connectivity index (χ2n) is 6.34. The molecule has 0 saturated carbocycles. The van der Waals surface area contributed by atoms with Gasteiger partial charge in [0.05, 0.1) is 4.92 Å². The molecule has 3 aromatic rings. The Morgan fingerprint density at radius 2 is 1.70 bits per heavy atom. The van der Waals surface area contributed by atoms with E-state index in [4.69, 9.17) is 0 Å². The Kier molecular flexibility index (Phi) is 4.49. The maximum absolute atomic E-state index is 13.4. The highest BCUT2D eigenvalue weighted by atomic mass is 79.9. The van der Waals surface area contributed by atoms with Crippen LogP contribution in [0.5, 0.6) is 0 Å². The van der Waals surface area contributed by atoms with Crippen LogP contribution < -0.4 is 0 Å². The van der Waals surface area contributed by atoms with Gasteiger partial charge in [-0.15, -0.1) is 0 Å². The highest BCUT2D eigenvalue weighted by molar-refractivity contribution is 9.10. The first-order valence-corrected chi connectivity index (χ1v) is 9.23. The van der Waals surface area contributed by atoms with Crippen molar-refractivity contribution in [1.29, 1.82) is 0 Å². The van der Waals surface area contributed by atoms with Gasteiger partial charge in [0.1, 0.15) is 12.0 Å². The second-order valence-corrected chi connectivity index (χ2v) is 7.20. The number of Topliss-reactive ketones (excluding diaryl/α,β-unsaturated/α-hetero) is 1. The molecule has 2 aromatic carbocycles. The van der Waals surface area contributed by atoms with E-state index in [0.717, 1.165) is 4.47 Å². The van der Waals surface area contributed by atoms with Gasteiger partial charge in [-0.25, -0.2) is 0 Å². The molecule has 1 aliphatic heterocycles. The van der Waals surface area contributed by atoms with Gasteiger partial charge in [0.2, 0.25) is 0 Å². The lowest BCUT2D eigenvalue weighted by molar-refractivity contribution is -0.429. The number of halogens is 1.